The lowest BCUT2D eigenvalue weighted by atomic mass is 10.0. The van der Waals surface area contributed by atoms with Gasteiger partial charge in [-0.15, -0.1) is 11.3 Å². The van der Waals surface area contributed by atoms with Crippen LogP contribution in [0.15, 0.2) is 5.51 Å². The van der Waals surface area contributed by atoms with Gasteiger partial charge in [0.1, 0.15) is 4.34 Å². The van der Waals surface area contributed by atoms with Crippen molar-refractivity contribution in [3.8, 4) is 0 Å². The van der Waals surface area contributed by atoms with E-state index in [0.717, 1.165) is 21.8 Å². The van der Waals surface area contributed by atoms with Gasteiger partial charge in [0.05, 0.1) is 11.2 Å². The molecule has 0 atom stereocenters. The number of hydrogen-bond acceptors (Lipinski definition) is 2. The fraction of sp³-hybridized carbons (Fsp3) is 0.625. The summed E-state index contributed by atoms with van der Waals surface area (Å²) >= 11 is 11.0. The molecule has 2 rings (SSSR count). The molecule has 0 spiro atoms. The van der Waals surface area contributed by atoms with E-state index in [1.165, 1.54) is 24.2 Å². The van der Waals surface area contributed by atoms with E-state index >= 15 is 0 Å². The molecule has 0 N–H and O–H groups in total. The van der Waals surface area contributed by atoms with Crippen molar-refractivity contribution < 1.29 is 0 Å². The van der Waals surface area contributed by atoms with Crippen molar-refractivity contribution in [1.82, 2.24) is 4.98 Å². The summed E-state index contributed by atoms with van der Waals surface area (Å²) in [5, 5.41) is 1.08. The number of rotatable bonds is 3. The van der Waals surface area contributed by atoms with Crippen LogP contribution in [-0.4, -0.2) is 10.3 Å². The third-order valence-corrected chi connectivity index (χ3v) is 4.70. The zero-order chi connectivity index (χ0) is 8.60. The second-order valence-electron chi connectivity index (χ2n) is 3.38. The van der Waals surface area contributed by atoms with Crippen molar-refractivity contribution in [1.29, 1.82) is 0 Å². The smallest absolute Gasteiger partial charge is 0.116 e. The lowest BCUT2D eigenvalue weighted by Crippen LogP contribution is -2.06. The summed E-state index contributed by atoms with van der Waals surface area (Å²) in [7, 11) is 0. The molecule has 0 radical (unpaired) electrons. The van der Waals surface area contributed by atoms with Crippen LogP contribution in [0, 0.1) is 5.41 Å². The zero-order valence-corrected chi connectivity index (χ0v) is 9.68. The Kier molecular flexibility index (Phi) is 2.45. The highest BCUT2D eigenvalue weighted by atomic mass is 79.9. The van der Waals surface area contributed by atoms with E-state index in [-0.39, 0.29) is 0 Å². The number of alkyl halides is 1. The fourth-order valence-corrected chi connectivity index (χ4v) is 2.79. The molecule has 0 aliphatic heterocycles. The highest BCUT2D eigenvalue weighted by Gasteiger charge is 2.42. The molecule has 1 aromatic rings. The van der Waals surface area contributed by atoms with E-state index < -0.39 is 0 Å². The fourth-order valence-electron chi connectivity index (χ4n) is 1.26. The Morgan fingerprint density at radius 1 is 1.67 bits per heavy atom. The summed E-state index contributed by atoms with van der Waals surface area (Å²) in [5.74, 6) is 0. The van der Waals surface area contributed by atoms with Crippen LogP contribution >= 0.6 is 38.9 Å². The van der Waals surface area contributed by atoms with E-state index in [1.54, 1.807) is 0 Å². The van der Waals surface area contributed by atoms with Gasteiger partial charge in [-0.05, 0) is 24.7 Å². The topological polar surface area (TPSA) is 12.9 Å². The van der Waals surface area contributed by atoms with E-state index in [1.807, 2.05) is 5.51 Å². The summed E-state index contributed by atoms with van der Waals surface area (Å²) in [5.41, 5.74) is 3.39. The Morgan fingerprint density at radius 2 is 2.42 bits per heavy atom. The summed E-state index contributed by atoms with van der Waals surface area (Å²) < 4.78 is 0.863. The number of aromatic nitrogens is 1. The van der Waals surface area contributed by atoms with E-state index in [0.29, 0.717) is 5.41 Å². The Balaban J connectivity index is 2.08. The first-order valence-electron chi connectivity index (χ1n) is 3.90. The van der Waals surface area contributed by atoms with Crippen LogP contribution in [0.3, 0.4) is 0 Å². The normalized spacial score (nSPS) is 19.5. The Labute approximate surface area is 89.3 Å². The molecule has 1 aliphatic carbocycles. The van der Waals surface area contributed by atoms with Crippen molar-refractivity contribution in [3.63, 3.8) is 0 Å². The molecule has 4 heteroatoms. The first-order chi connectivity index (χ1) is 5.76. The molecule has 66 valence electrons. The van der Waals surface area contributed by atoms with Crippen LogP contribution in [0.25, 0.3) is 0 Å². The summed E-state index contributed by atoms with van der Waals surface area (Å²) in [4.78, 5) is 4.25. The SMILES string of the molecule is Clc1scnc1CC1(CBr)CC1. The molecular formula is C8H9BrClNS. The molecule has 12 heavy (non-hydrogen) atoms. The highest BCUT2D eigenvalue weighted by molar-refractivity contribution is 9.09. The number of nitrogens with zero attached hydrogens (tertiary/aromatic N) is 1. The van der Waals surface area contributed by atoms with Gasteiger partial charge in [-0.3, -0.25) is 0 Å². The lowest BCUT2D eigenvalue weighted by molar-refractivity contribution is 0.578. The van der Waals surface area contributed by atoms with Crippen LogP contribution in [0.1, 0.15) is 18.5 Å². The summed E-state index contributed by atoms with van der Waals surface area (Å²) in [6, 6.07) is 0. The Morgan fingerprint density at radius 3 is 2.83 bits per heavy atom. The first kappa shape index (κ1) is 8.97. The molecule has 1 heterocycles. The van der Waals surface area contributed by atoms with Crippen molar-refractivity contribution in [2.24, 2.45) is 5.41 Å². The van der Waals surface area contributed by atoms with Crippen molar-refractivity contribution in [2.75, 3.05) is 5.33 Å². The standard InChI is InChI=1S/C8H9BrClNS/c9-4-8(1-2-8)3-6-7(10)12-5-11-6/h5H,1-4H2. The second kappa shape index (κ2) is 3.28. The van der Waals surface area contributed by atoms with E-state index in [2.05, 4.69) is 20.9 Å². The zero-order valence-electron chi connectivity index (χ0n) is 6.52. The van der Waals surface area contributed by atoms with Gasteiger partial charge in [-0.25, -0.2) is 4.98 Å². The maximum Gasteiger partial charge on any atom is 0.116 e. The van der Waals surface area contributed by atoms with Gasteiger partial charge >= 0.3 is 0 Å². The molecule has 0 unspecified atom stereocenters. The minimum Gasteiger partial charge on any atom is -0.248 e. The third-order valence-electron chi connectivity index (χ3n) is 2.37. The number of thiazole rings is 1. The van der Waals surface area contributed by atoms with Crippen LogP contribution in [0.2, 0.25) is 4.34 Å². The van der Waals surface area contributed by atoms with Gasteiger partial charge in [0.25, 0.3) is 0 Å². The second-order valence-corrected chi connectivity index (χ2v) is 5.40. The molecule has 1 nitrogen and oxygen atoms in total. The maximum absolute atomic E-state index is 5.97. The average molecular weight is 267 g/mol. The quantitative estimate of drug-likeness (QED) is 0.763. The Bertz CT molecular complexity index is 282. The van der Waals surface area contributed by atoms with Gasteiger partial charge in [0, 0.05) is 5.33 Å². The monoisotopic (exact) mass is 265 g/mol. The molecule has 1 saturated carbocycles. The minimum absolute atomic E-state index is 0.484. The van der Waals surface area contributed by atoms with Gasteiger partial charge in [0.15, 0.2) is 0 Å². The molecule has 0 bridgehead atoms. The van der Waals surface area contributed by atoms with Crippen LogP contribution in [0.4, 0.5) is 0 Å². The van der Waals surface area contributed by atoms with E-state index in [4.69, 9.17) is 11.6 Å². The predicted octanol–water partition coefficient (Wildman–Crippen LogP) is 3.51. The molecule has 0 saturated heterocycles. The third kappa shape index (κ3) is 1.68. The summed E-state index contributed by atoms with van der Waals surface area (Å²) in [6.45, 7) is 0. The molecule has 0 aromatic carbocycles. The lowest BCUT2D eigenvalue weighted by Gasteiger charge is -2.08. The van der Waals surface area contributed by atoms with Gasteiger partial charge in [-0.2, -0.15) is 0 Å². The molecule has 0 amide bonds. The number of halogens is 2. The van der Waals surface area contributed by atoms with Crippen molar-refractivity contribution in [3.05, 3.63) is 15.5 Å². The molecular weight excluding hydrogens is 258 g/mol. The molecule has 1 aromatic heterocycles. The predicted molar refractivity (Wildman–Crippen MR) is 56.3 cm³/mol. The van der Waals surface area contributed by atoms with Gasteiger partial charge < -0.3 is 0 Å². The minimum atomic E-state index is 0.484. The maximum atomic E-state index is 5.97. The van der Waals surface area contributed by atoms with Crippen molar-refractivity contribution >= 4 is 38.9 Å². The van der Waals surface area contributed by atoms with Gasteiger partial charge in [-0.1, -0.05) is 27.5 Å². The Hall–Kier alpha value is 0.400. The first-order valence-corrected chi connectivity index (χ1v) is 6.27. The molecule has 1 fully saturated rings. The van der Waals surface area contributed by atoms with Gasteiger partial charge in [0.2, 0.25) is 0 Å². The largest absolute Gasteiger partial charge is 0.248 e. The van der Waals surface area contributed by atoms with Crippen LogP contribution in [-0.2, 0) is 6.42 Å². The van der Waals surface area contributed by atoms with Crippen molar-refractivity contribution in [2.45, 2.75) is 19.3 Å². The molecule has 1 aliphatic rings. The average Bonchev–Trinajstić information content (AvgIpc) is 2.74. The summed E-state index contributed by atoms with van der Waals surface area (Å²) in [6.07, 6.45) is 3.67. The van der Waals surface area contributed by atoms with E-state index in [9.17, 15) is 0 Å². The number of hydrogen-bond donors (Lipinski definition) is 0. The van der Waals surface area contributed by atoms with Crippen LogP contribution < -0.4 is 0 Å². The van der Waals surface area contributed by atoms with Crippen LogP contribution in [0.5, 0.6) is 0 Å². The highest BCUT2D eigenvalue weighted by Crippen LogP contribution is 2.50.